The van der Waals surface area contributed by atoms with E-state index < -0.39 is 0 Å². The highest BCUT2D eigenvalue weighted by Crippen LogP contribution is 2.30. The summed E-state index contributed by atoms with van der Waals surface area (Å²) in [7, 11) is 0. The molecule has 36 heavy (non-hydrogen) atoms. The second kappa shape index (κ2) is 11.1. The third-order valence-electron chi connectivity index (χ3n) is 6.00. The molecule has 1 amide bonds. The van der Waals surface area contributed by atoms with Gasteiger partial charge in [0.15, 0.2) is 0 Å². The Kier molecular flexibility index (Phi) is 7.48. The Morgan fingerprint density at radius 3 is 2.67 bits per heavy atom. The number of anilines is 4. The molecule has 8 nitrogen and oxygen atoms in total. The smallest absolute Gasteiger partial charge is 0.246 e. The molecule has 0 radical (unpaired) electrons. The van der Waals surface area contributed by atoms with Crippen LogP contribution in [0.3, 0.4) is 0 Å². The largest absolute Gasteiger partial charge is 0.437 e. The number of halogens is 1. The zero-order chi connectivity index (χ0) is 24.9. The number of nitrogens with zero attached hydrogens (tertiary/aromatic N) is 4. The maximum absolute atomic E-state index is 11.6. The van der Waals surface area contributed by atoms with E-state index in [4.69, 9.17) is 16.3 Å². The fraction of sp³-hybridized carbons (Fsp3) is 0.269. The lowest BCUT2D eigenvalue weighted by molar-refractivity contribution is -0.129. The summed E-state index contributed by atoms with van der Waals surface area (Å²) in [6.45, 7) is 6.95. The summed E-state index contributed by atoms with van der Waals surface area (Å²) in [5.41, 5.74) is 2.99. The Balaban J connectivity index is 1.21. The summed E-state index contributed by atoms with van der Waals surface area (Å²) in [6, 6.07) is 16.0. The fourth-order valence-electron chi connectivity index (χ4n) is 4.07. The summed E-state index contributed by atoms with van der Waals surface area (Å²) in [6.07, 6.45) is 2.86. The topological polar surface area (TPSA) is 82.6 Å². The molecule has 0 spiro atoms. The minimum atomic E-state index is -0.0509. The van der Waals surface area contributed by atoms with E-state index in [0.717, 1.165) is 36.0 Å². The Hall–Kier alpha value is -3.43. The van der Waals surface area contributed by atoms with Crippen LogP contribution in [0.2, 0.25) is 5.02 Å². The van der Waals surface area contributed by atoms with E-state index in [1.165, 1.54) is 18.0 Å². The van der Waals surface area contributed by atoms with Gasteiger partial charge in [-0.15, -0.1) is 0 Å². The summed E-state index contributed by atoms with van der Waals surface area (Å²) in [4.78, 5) is 24.5. The number of aromatic nitrogens is 2. The van der Waals surface area contributed by atoms with E-state index in [1.54, 1.807) is 4.90 Å². The Bertz CT molecular complexity index is 1230. The van der Waals surface area contributed by atoms with E-state index in [2.05, 4.69) is 44.2 Å². The molecule has 5 rings (SSSR count). The maximum Gasteiger partial charge on any atom is 0.246 e. The number of rotatable bonds is 8. The number of carbonyl (C=O) groups excluding carboxylic acids is 1. The molecule has 2 aliphatic heterocycles. The highest BCUT2D eigenvalue weighted by atomic mass is 35.5. The van der Waals surface area contributed by atoms with Crippen molar-refractivity contribution in [1.29, 1.82) is 0 Å². The minimum absolute atomic E-state index is 0.0509. The highest BCUT2D eigenvalue weighted by Gasteiger charge is 2.29. The van der Waals surface area contributed by atoms with Crippen LogP contribution in [-0.4, -0.2) is 64.5 Å². The van der Waals surface area contributed by atoms with Gasteiger partial charge >= 0.3 is 0 Å². The first-order valence-corrected chi connectivity index (χ1v) is 13.3. The number of benzene rings is 2. The zero-order valence-electron chi connectivity index (χ0n) is 19.7. The molecule has 0 bridgehead atoms. The van der Waals surface area contributed by atoms with Crippen LogP contribution in [0, 0.1) is 0 Å². The molecule has 2 aliphatic rings. The van der Waals surface area contributed by atoms with Crippen LogP contribution in [0.5, 0.6) is 11.6 Å². The summed E-state index contributed by atoms with van der Waals surface area (Å²) < 4.78 is 5.99. The predicted molar refractivity (Wildman–Crippen MR) is 147 cm³/mol. The van der Waals surface area contributed by atoms with Gasteiger partial charge in [-0.2, -0.15) is 16.7 Å². The van der Waals surface area contributed by atoms with Crippen LogP contribution in [0.4, 0.5) is 23.0 Å². The van der Waals surface area contributed by atoms with Crippen molar-refractivity contribution >= 4 is 52.3 Å². The summed E-state index contributed by atoms with van der Waals surface area (Å²) in [5.74, 6) is 3.53. The molecular formula is C26H27ClN6O2S. The monoisotopic (exact) mass is 522 g/mol. The first-order chi connectivity index (χ1) is 17.6. The van der Waals surface area contributed by atoms with Gasteiger partial charge in [0.25, 0.3) is 0 Å². The maximum atomic E-state index is 11.6. The average molecular weight is 523 g/mol. The summed E-state index contributed by atoms with van der Waals surface area (Å²) in [5, 5.41) is 6.95. The van der Waals surface area contributed by atoms with Crippen molar-refractivity contribution in [2.45, 2.75) is 6.04 Å². The second-order valence-corrected chi connectivity index (χ2v) is 10.2. The normalized spacial score (nSPS) is 15.7. The van der Waals surface area contributed by atoms with E-state index in [1.807, 2.05) is 48.2 Å². The number of thioether (sulfide) groups is 1. The van der Waals surface area contributed by atoms with Gasteiger partial charge < -0.3 is 25.2 Å². The van der Waals surface area contributed by atoms with Gasteiger partial charge in [-0.3, -0.25) is 4.79 Å². The summed E-state index contributed by atoms with van der Waals surface area (Å²) >= 11 is 8.32. The lowest BCUT2D eigenvalue weighted by Gasteiger charge is -2.39. The highest BCUT2D eigenvalue weighted by molar-refractivity contribution is 7.99. The van der Waals surface area contributed by atoms with E-state index in [-0.39, 0.29) is 17.8 Å². The fourth-order valence-corrected chi connectivity index (χ4v) is 5.10. The van der Waals surface area contributed by atoms with Gasteiger partial charge in [-0.05, 0) is 42.5 Å². The van der Waals surface area contributed by atoms with Crippen LogP contribution in [0.15, 0.2) is 67.4 Å². The first-order valence-electron chi connectivity index (χ1n) is 11.8. The number of ether oxygens (including phenoxy) is 1. The number of amides is 1. The van der Waals surface area contributed by atoms with Crippen LogP contribution in [0.25, 0.3) is 0 Å². The number of hydrogen-bond donors (Lipinski definition) is 2. The second-order valence-electron chi connectivity index (χ2n) is 8.54. The van der Waals surface area contributed by atoms with Crippen LogP contribution < -0.4 is 20.3 Å². The van der Waals surface area contributed by atoms with Gasteiger partial charge in [-0.1, -0.05) is 24.2 Å². The van der Waals surface area contributed by atoms with Crippen molar-refractivity contribution < 1.29 is 9.53 Å². The van der Waals surface area contributed by atoms with Crippen molar-refractivity contribution in [3.05, 3.63) is 72.4 Å². The van der Waals surface area contributed by atoms with Gasteiger partial charge in [0, 0.05) is 60.8 Å². The molecule has 2 fully saturated rings. The number of carbonyl (C=O) groups is 1. The van der Waals surface area contributed by atoms with Crippen LogP contribution in [0.1, 0.15) is 0 Å². The molecule has 3 heterocycles. The standard InChI is InChI=1S/C26H27ClN6O2S/c1-2-24(34)33-16-20(17-33)29-19-4-3-5-22(14-19)35-25-23(27)15-28-26(31-25)30-18-6-8-21(9-7-18)32-10-12-36-13-11-32/h2-9,14-15,20,29H,1,10-13,16-17H2,(H,28,30,31). The molecule has 186 valence electrons. The third kappa shape index (κ3) is 5.85. The SMILES string of the molecule is C=CC(=O)N1CC(Nc2cccc(Oc3nc(Nc4ccc(N5CCSCC5)cc4)ncc3Cl)c2)C1. The molecular weight excluding hydrogens is 496 g/mol. The van der Waals surface area contributed by atoms with E-state index in [0.29, 0.717) is 29.8 Å². The first kappa shape index (κ1) is 24.3. The minimum Gasteiger partial charge on any atom is -0.437 e. The van der Waals surface area contributed by atoms with E-state index >= 15 is 0 Å². The van der Waals surface area contributed by atoms with Crippen molar-refractivity contribution in [3.63, 3.8) is 0 Å². The lowest BCUT2D eigenvalue weighted by atomic mass is 10.1. The lowest BCUT2D eigenvalue weighted by Crippen LogP contribution is -2.56. The van der Waals surface area contributed by atoms with Crippen molar-refractivity contribution in [2.24, 2.45) is 0 Å². The number of nitrogens with one attached hydrogen (secondary N) is 2. The van der Waals surface area contributed by atoms with Crippen molar-refractivity contribution in [2.75, 3.05) is 53.2 Å². The zero-order valence-corrected chi connectivity index (χ0v) is 21.3. The van der Waals surface area contributed by atoms with Crippen molar-refractivity contribution in [1.82, 2.24) is 14.9 Å². The van der Waals surface area contributed by atoms with E-state index in [9.17, 15) is 4.79 Å². The number of likely N-dealkylation sites (tertiary alicyclic amines) is 1. The molecule has 0 saturated carbocycles. The Morgan fingerprint density at radius 1 is 1.14 bits per heavy atom. The van der Waals surface area contributed by atoms with Crippen LogP contribution >= 0.6 is 23.4 Å². The predicted octanol–water partition coefficient (Wildman–Crippen LogP) is 5.03. The van der Waals surface area contributed by atoms with Gasteiger partial charge in [-0.25, -0.2) is 4.98 Å². The molecule has 2 saturated heterocycles. The van der Waals surface area contributed by atoms with Gasteiger partial charge in [0.2, 0.25) is 17.7 Å². The van der Waals surface area contributed by atoms with Gasteiger partial charge in [0.05, 0.1) is 12.2 Å². The third-order valence-corrected chi connectivity index (χ3v) is 7.20. The molecule has 1 aromatic heterocycles. The van der Waals surface area contributed by atoms with Crippen molar-refractivity contribution in [3.8, 4) is 11.6 Å². The quantitative estimate of drug-likeness (QED) is 0.399. The average Bonchev–Trinajstić information content (AvgIpc) is 2.89. The molecule has 0 atom stereocenters. The molecule has 10 heteroatoms. The molecule has 2 aromatic carbocycles. The van der Waals surface area contributed by atoms with Gasteiger partial charge in [0.1, 0.15) is 10.8 Å². The molecule has 3 aromatic rings. The molecule has 0 unspecified atom stereocenters. The van der Waals surface area contributed by atoms with Crippen LogP contribution in [-0.2, 0) is 4.79 Å². The number of hydrogen-bond acceptors (Lipinski definition) is 8. The Labute approximate surface area is 219 Å². The molecule has 0 aliphatic carbocycles. The molecule has 2 N–H and O–H groups in total. The Morgan fingerprint density at radius 2 is 1.92 bits per heavy atom.